The maximum absolute atomic E-state index is 5.46. The van der Waals surface area contributed by atoms with E-state index in [1.54, 1.807) is 0 Å². The van der Waals surface area contributed by atoms with Crippen molar-refractivity contribution in [1.82, 2.24) is 16.0 Å². The van der Waals surface area contributed by atoms with Crippen LogP contribution in [0.5, 0.6) is 0 Å². The summed E-state index contributed by atoms with van der Waals surface area (Å²) in [7, 11) is 0. The Morgan fingerprint density at radius 1 is 0.263 bits per heavy atom. The molecule has 0 aromatic heterocycles. The van der Waals surface area contributed by atoms with E-state index in [4.69, 9.17) is 15.0 Å². The smallest absolute Gasteiger partial charge is 0.129 e. The molecule has 0 bridgehead atoms. The Balaban J connectivity index is 1.11. The molecule has 3 aliphatic rings. The third-order valence-electron chi connectivity index (χ3n) is 11.3. The summed E-state index contributed by atoms with van der Waals surface area (Å²) in [6.45, 7) is 0. The molecular weight excluding hydrogens is 697 g/mol. The molecule has 6 heteroatoms. The van der Waals surface area contributed by atoms with Gasteiger partial charge in [-0.05, 0) is 51.6 Å². The fraction of sp³-hybridized carbons (Fsp3) is 0.118. The predicted molar refractivity (Wildman–Crippen MR) is 231 cm³/mol. The second kappa shape index (κ2) is 15.2. The summed E-state index contributed by atoms with van der Waals surface area (Å²) < 4.78 is 0. The van der Waals surface area contributed by atoms with E-state index in [1.807, 2.05) is 0 Å². The molecule has 0 unspecified atom stereocenters. The molecule has 3 N–H and O–H groups in total. The zero-order chi connectivity index (χ0) is 38.0. The molecule has 7 aromatic carbocycles. The average molecular weight is 739 g/mol. The van der Waals surface area contributed by atoms with Gasteiger partial charge in [0, 0.05) is 16.7 Å². The SMILES string of the molecule is c1ccc([C@@H]2N=C(c3cc(C4=N[C@@H](c5ccccc5)[C@H](c5ccccc5)N4)cc(C4=N[C@@H](c5ccccc5)[C@H](c5ccccc5)N4)c3)N[C@H]2c2ccccc2)cc1. The van der Waals surface area contributed by atoms with Gasteiger partial charge in [-0.1, -0.05) is 182 Å². The summed E-state index contributed by atoms with van der Waals surface area (Å²) in [5.74, 6) is 2.53. The van der Waals surface area contributed by atoms with Crippen LogP contribution in [0.4, 0.5) is 0 Å². The molecular formula is C51H42N6. The number of nitrogens with one attached hydrogen (secondary N) is 3. The van der Waals surface area contributed by atoms with Crippen LogP contribution in [0, 0.1) is 0 Å². The van der Waals surface area contributed by atoms with E-state index in [9.17, 15) is 0 Å². The van der Waals surface area contributed by atoms with E-state index in [2.05, 4.69) is 216 Å². The molecule has 0 aliphatic carbocycles. The van der Waals surface area contributed by atoms with Crippen molar-refractivity contribution in [3.63, 3.8) is 0 Å². The van der Waals surface area contributed by atoms with Crippen LogP contribution in [-0.2, 0) is 0 Å². The molecule has 57 heavy (non-hydrogen) atoms. The standard InChI is InChI=1S/C51H42N6/c1-7-19-34(20-8-1)43-44(35-21-9-2-10-22-35)53-49(52-43)40-31-41(50-54-45(36-23-11-3-12-24-36)46(55-50)37-25-13-4-14-26-37)33-42(32-40)51-56-47(38-27-15-5-16-28-38)48(57-51)39-29-17-6-18-30-39/h1-33,43-48H,(H,52,53)(H,54,55)(H,56,57)/t43-,44-,45-,46-,47-,48-/m0/s1. The Morgan fingerprint density at radius 3 is 0.702 bits per heavy atom. The second-order valence-electron chi connectivity index (χ2n) is 14.9. The minimum atomic E-state index is -0.102. The van der Waals surface area contributed by atoms with Crippen LogP contribution in [0.3, 0.4) is 0 Å². The highest BCUT2D eigenvalue weighted by molar-refractivity contribution is 6.10. The molecule has 7 aromatic rings. The van der Waals surface area contributed by atoms with Gasteiger partial charge in [0.15, 0.2) is 0 Å². The number of hydrogen-bond donors (Lipinski definition) is 3. The van der Waals surface area contributed by atoms with Crippen LogP contribution < -0.4 is 16.0 Å². The minimum Gasteiger partial charge on any atom is -0.361 e. The predicted octanol–water partition coefficient (Wildman–Crippen LogP) is 10.2. The lowest BCUT2D eigenvalue weighted by Crippen LogP contribution is -2.29. The van der Waals surface area contributed by atoms with Crippen LogP contribution in [0.15, 0.2) is 215 Å². The number of benzene rings is 7. The lowest BCUT2D eigenvalue weighted by Gasteiger charge is -2.20. The van der Waals surface area contributed by atoms with Gasteiger partial charge in [0.2, 0.25) is 0 Å². The Morgan fingerprint density at radius 2 is 0.474 bits per heavy atom. The molecule has 0 amide bonds. The van der Waals surface area contributed by atoms with Crippen LogP contribution >= 0.6 is 0 Å². The van der Waals surface area contributed by atoms with Gasteiger partial charge in [-0.15, -0.1) is 0 Å². The van der Waals surface area contributed by atoms with Crippen LogP contribution in [0.25, 0.3) is 0 Å². The second-order valence-corrected chi connectivity index (χ2v) is 14.9. The molecule has 10 rings (SSSR count). The number of rotatable bonds is 9. The van der Waals surface area contributed by atoms with Crippen molar-refractivity contribution in [2.75, 3.05) is 0 Å². The summed E-state index contributed by atoms with van der Waals surface area (Å²) in [6.07, 6.45) is 0. The molecule has 0 saturated heterocycles. The molecule has 0 spiro atoms. The fourth-order valence-corrected chi connectivity index (χ4v) is 8.47. The van der Waals surface area contributed by atoms with Gasteiger partial charge in [0.1, 0.15) is 35.6 Å². The third-order valence-corrected chi connectivity index (χ3v) is 11.3. The monoisotopic (exact) mass is 738 g/mol. The fourth-order valence-electron chi connectivity index (χ4n) is 8.47. The Hall–Kier alpha value is -7.05. The first-order valence-corrected chi connectivity index (χ1v) is 19.7. The Bertz CT molecular complexity index is 2260. The average Bonchev–Trinajstić information content (AvgIpc) is 4.07. The highest BCUT2D eigenvalue weighted by Gasteiger charge is 2.36. The van der Waals surface area contributed by atoms with Crippen molar-refractivity contribution in [1.29, 1.82) is 0 Å². The van der Waals surface area contributed by atoms with Crippen molar-refractivity contribution in [2.24, 2.45) is 15.0 Å². The lowest BCUT2D eigenvalue weighted by molar-refractivity contribution is 0.572. The van der Waals surface area contributed by atoms with Crippen molar-refractivity contribution in [3.05, 3.63) is 250 Å². The topological polar surface area (TPSA) is 73.2 Å². The first-order chi connectivity index (χ1) is 28.2. The Kier molecular flexibility index (Phi) is 9.21. The van der Waals surface area contributed by atoms with Crippen LogP contribution in [-0.4, -0.2) is 17.5 Å². The normalized spacial score (nSPS) is 22.4. The van der Waals surface area contributed by atoms with Crippen LogP contribution in [0.2, 0.25) is 0 Å². The molecule has 6 nitrogen and oxygen atoms in total. The molecule has 3 heterocycles. The van der Waals surface area contributed by atoms with E-state index < -0.39 is 0 Å². The Labute approximate surface area is 333 Å². The van der Waals surface area contributed by atoms with E-state index in [-0.39, 0.29) is 36.3 Å². The quantitative estimate of drug-likeness (QED) is 0.138. The lowest BCUT2D eigenvalue weighted by atomic mass is 9.95. The van der Waals surface area contributed by atoms with Crippen molar-refractivity contribution < 1.29 is 0 Å². The van der Waals surface area contributed by atoms with Gasteiger partial charge < -0.3 is 16.0 Å². The zero-order valence-electron chi connectivity index (χ0n) is 31.4. The zero-order valence-corrected chi connectivity index (χ0v) is 31.4. The summed E-state index contributed by atoms with van der Waals surface area (Å²) in [5.41, 5.74) is 10.0. The summed E-state index contributed by atoms with van der Waals surface area (Å²) in [5, 5.41) is 11.6. The van der Waals surface area contributed by atoms with Crippen LogP contribution in [0.1, 0.15) is 86.3 Å². The van der Waals surface area contributed by atoms with E-state index in [0.717, 1.165) is 34.2 Å². The number of hydrogen-bond acceptors (Lipinski definition) is 6. The van der Waals surface area contributed by atoms with E-state index in [1.165, 1.54) is 33.4 Å². The van der Waals surface area contributed by atoms with Crippen molar-refractivity contribution in [2.45, 2.75) is 36.3 Å². The van der Waals surface area contributed by atoms with Gasteiger partial charge in [0.05, 0.1) is 18.1 Å². The maximum atomic E-state index is 5.46. The van der Waals surface area contributed by atoms with Crippen molar-refractivity contribution >= 4 is 17.5 Å². The number of aliphatic imine (C=N–C) groups is 3. The van der Waals surface area contributed by atoms with Gasteiger partial charge >= 0.3 is 0 Å². The highest BCUT2D eigenvalue weighted by atomic mass is 15.2. The van der Waals surface area contributed by atoms with Gasteiger partial charge in [0.25, 0.3) is 0 Å². The van der Waals surface area contributed by atoms with Gasteiger partial charge in [-0.25, -0.2) is 0 Å². The molecule has 0 radical (unpaired) electrons. The third kappa shape index (κ3) is 6.91. The molecule has 0 saturated carbocycles. The van der Waals surface area contributed by atoms with Gasteiger partial charge in [-0.2, -0.15) is 0 Å². The van der Waals surface area contributed by atoms with Crippen molar-refractivity contribution in [3.8, 4) is 0 Å². The molecule has 276 valence electrons. The molecule has 3 aliphatic heterocycles. The number of nitrogens with zero attached hydrogens (tertiary/aromatic N) is 3. The molecule has 6 atom stereocenters. The first kappa shape index (κ1) is 34.4. The minimum absolute atomic E-state index is 0.0329. The largest absolute Gasteiger partial charge is 0.361 e. The van der Waals surface area contributed by atoms with E-state index in [0.29, 0.717) is 0 Å². The summed E-state index contributed by atoms with van der Waals surface area (Å²) in [4.78, 5) is 16.4. The molecule has 0 fully saturated rings. The van der Waals surface area contributed by atoms with E-state index >= 15 is 0 Å². The first-order valence-electron chi connectivity index (χ1n) is 19.7. The summed E-state index contributed by atoms with van der Waals surface area (Å²) >= 11 is 0. The van der Waals surface area contributed by atoms with Gasteiger partial charge in [-0.3, -0.25) is 15.0 Å². The summed E-state index contributed by atoms with van der Waals surface area (Å²) in [6, 6.07) is 69.9. The highest BCUT2D eigenvalue weighted by Crippen LogP contribution is 2.41. The number of amidine groups is 3. The maximum Gasteiger partial charge on any atom is 0.129 e.